The van der Waals surface area contributed by atoms with Gasteiger partial charge in [-0.3, -0.25) is 4.79 Å². The zero-order valence-electron chi connectivity index (χ0n) is 8.79. The summed E-state index contributed by atoms with van der Waals surface area (Å²) < 4.78 is 0. The van der Waals surface area contributed by atoms with Gasteiger partial charge < -0.3 is 0 Å². The second kappa shape index (κ2) is 4.26. The Hall–Kier alpha value is -1.63. The smallest absolute Gasteiger partial charge is 0.163 e. The third kappa shape index (κ3) is 1.91. The second-order valence-corrected chi connectivity index (χ2v) is 3.63. The van der Waals surface area contributed by atoms with Crippen LogP contribution in [0.3, 0.4) is 0 Å². The number of Topliss-reactive ketones (excluding diaryl/α,β-unsaturated/α-hetero) is 1. The molecule has 2 rings (SSSR count). The van der Waals surface area contributed by atoms with Crippen LogP contribution in [-0.2, 0) is 0 Å². The van der Waals surface area contributed by atoms with E-state index in [0.29, 0.717) is 6.42 Å². The minimum Gasteiger partial charge on any atom is -0.294 e. The van der Waals surface area contributed by atoms with Gasteiger partial charge in [-0.25, -0.2) is 0 Å². The Kier molecular flexibility index (Phi) is 2.82. The Morgan fingerprint density at radius 2 is 2.07 bits per heavy atom. The van der Waals surface area contributed by atoms with E-state index in [4.69, 9.17) is 0 Å². The van der Waals surface area contributed by atoms with Gasteiger partial charge in [-0.1, -0.05) is 31.2 Å². The van der Waals surface area contributed by atoms with Crippen molar-refractivity contribution in [2.45, 2.75) is 19.8 Å². The van der Waals surface area contributed by atoms with Crippen molar-refractivity contribution in [3.8, 4) is 0 Å². The van der Waals surface area contributed by atoms with E-state index in [1.807, 2.05) is 37.3 Å². The number of ketones is 1. The van der Waals surface area contributed by atoms with Crippen molar-refractivity contribution < 1.29 is 4.79 Å². The van der Waals surface area contributed by atoms with E-state index in [-0.39, 0.29) is 5.78 Å². The van der Waals surface area contributed by atoms with Gasteiger partial charge in [0.15, 0.2) is 5.78 Å². The number of rotatable bonds is 3. The normalized spacial score (nSPS) is 10.5. The first-order valence-electron chi connectivity index (χ1n) is 5.25. The molecule has 1 heteroatoms. The number of fused-ring (bicyclic) bond motifs is 1. The molecule has 1 radical (unpaired) electrons. The van der Waals surface area contributed by atoms with Crippen LogP contribution < -0.4 is 0 Å². The van der Waals surface area contributed by atoms with Gasteiger partial charge in [-0.2, -0.15) is 0 Å². The minimum absolute atomic E-state index is 0.213. The largest absolute Gasteiger partial charge is 0.294 e. The maximum atomic E-state index is 11.8. The van der Waals surface area contributed by atoms with Crippen LogP contribution in [0.4, 0.5) is 0 Å². The molecule has 0 aliphatic rings. The number of carbonyl (C=O) groups excluding carboxylic acids is 1. The highest BCUT2D eigenvalue weighted by Gasteiger charge is 2.07. The lowest BCUT2D eigenvalue weighted by Crippen LogP contribution is -1.98. The zero-order chi connectivity index (χ0) is 10.7. The third-order valence-corrected chi connectivity index (χ3v) is 2.49. The zero-order valence-corrected chi connectivity index (χ0v) is 8.79. The number of carbonyl (C=O) groups is 1. The van der Waals surface area contributed by atoms with Crippen LogP contribution in [0.2, 0.25) is 0 Å². The molecule has 0 heterocycles. The maximum Gasteiger partial charge on any atom is 0.163 e. The summed E-state index contributed by atoms with van der Waals surface area (Å²) in [6.07, 6.45) is 1.50. The van der Waals surface area contributed by atoms with Crippen molar-refractivity contribution in [1.29, 1.82) is 0 Å². The molecule has 0 fully saturated rings. The summed E-state index contributed by atoms with van der Waals surface area (Å²) in [5.41, 5.74) is 0.801. The summed E-state index contributed by atoms with van der Waals surface area (Å²) in [6, 6.07) is 14.7. The summed E-state index contributed by atoms with van der Waals surface area (Å²) in [4.78, 5) is 11.8. The summed E-state index contributed by atoms with van der Waals surface area (Å²) in [5.74, 6) is 0.213. The lowest BCUT2D eigenvalue weighted by atomic mass is 9.99. The maximum absolute atomic E-state index is 11.8. The highest BCUT2D eigenvalue weighted by atomic mass is 16.1. The third-order valence-electron chi connectivity index (χ3n) is 2.49. The number of hydrogen-bond acceptors (Lipinski definition) is 1. The standard InChI is InChI=1S/C14H13O/c1-2-6-14(15)13-10-5-8-11-7-3-4-9-12(11)13/h3-4,7-10H,2,6H2,1H3. The molecule has 0 amide bonds. The van der Waals surface area contributed by atoms with E-state index in [1.165, 1.54) is 0 Å². The second-order valence-electron chi connectivity index (χ2n) is 3.63. The van der Waals surface area contributed by atoms with Crippen molar-refractivity contribution in [2.75, 3.05) is 0 Å². The Balaban J connectivity index is 2.56. The first-order chi connectivity index (χ1) is 7.33. The molecule has 0 aliphatic heterocycles. The van der Waals surface area contributed by atoms with Crippen LogP contribution in [0, 0.1) is 6.07 Å². The first kappa shape index (κ1) is 9.91. The predicted molar refractivity (Wildman–Crippen MR) is 62.0 cm³/mol. The summed E-state index contributed by atoms with van der Waals surface area (Å²) in [7, 11) is 0. The van der Waals surface area contributed by atoms with Gasteiger partial charge in [0.2, 0.25) is 0 Å². The lowest BCUT2D eigenvalue weighted by molar-refractivity contribution is 0.0983. The first-order valence-corrected chi connectivity index (χ1v) is 5.25. The molecule has 0 N–H and O–H groups in total. The van der Waals surface area contributed by atoms with Gasteiger partial charge in [0.1, 0.15) is 0 Å². The topological polar surface area (TPSA) is 17.1 Å². The van der Waals surface area contributed by atoms with Crippen molar-refractivity contribution in [3.05, 3.63) is 48.0 Å². The average Bonchev–Trinajstić information content (AvgIpc) is 2.28. The lowest BCUT2D eigenvalue weighted by Gasteiger charge is -2.04. The van der Waals surface area contributed by atoms with Gasteiger partial charge in [0.25, 0.3) is 0 Å². The van der Waals surface area contributed by atoms with E-state index in [2.05, 4.69) is 6.07 Å². The highest BCUT2D eigenvalue weighted by Crippen LogP contribution is 2.19. The van der Waals surface area contributed by atoms with Crippen molar-refractivity contribution in [3.63, 3.8) is 0 Å². The van der Waals surface area contributed by atoms with Crippen LogP contribution in [0.15, 0.2) is 36.4 Å². The van der Waals surface area contributed by atoms with Crippen LogP contribution in [0.5, 0.6) is 0 Å². The highest BCUT2D eigenvalue weighted by molar-refractivity contribution is 6.07. The predicted octanol–water partition coefficient (Wildman–Crippen LogP) is 3.62. The molecule has 15 heavy (non-hydrogen) atoms. The van der Waals surface area contributed by atoms with Crippen LogP contribution in [-0.4, -0.2) is 5.78 Å². The van der Waals surface area contributed by atoms with Crippen molar-refractivity contribution >= 4 is 16.6 Å². The van der Waals surface area contributed by atoms with E-state index < -0.39 is 0 Å². The van der Waals surface area contributed by atoms with Gasteiger partial charge in [0.05, 0.1) is 0 Å². The molecule has 0 atom stereocenters. The molecule has 2 aromatic carbocycles. The van der Waals surface area contributed by atoms with E-state index in [0.717, 1.165) is 22.8 Å². The quantitative estimate of drug-likeness (QED) is 0.687. The summed E-state index contributed by atoms with van der Waals surface area (Å²) in [5, 5.41) is 2.12. The van der Waals surface area contributed by atoms with Gasteiger partial charge >= 0.3 is 0 Å². The van der Waals surface area contributed by atoms with Crippen LogP contribution in [0.25, 0.3) is 10.8 Å². The molecule has 0 spiro atoms. The summed E-state index contributed by atoms with van der Waals surface area (Å²) >= 11 is 0. The fourth-order valence-corrected chi connectivity index (χ4v) is 1.75. The number of hydrogen-bond donors (Lipinski definition) is 0. The molecule has 0 aromatic heterocycles. The van der Waals surface area contributed by atoms with Gasteiger partial charge in [-0.05, 0) is 35.4 Å². The fraction of sp³-hybridized carbons (Fsp3) is 0.214. The van der Waals surface area contributed by atoms with Gasteiger partial charge in [0, 0.05) is 12.0 Å². The molecule has 0 saturated carbocycles. The Labute approximate surface area is 89.7 Å². The molecular weight excluding hydrogens is 184 g/mol. The molecule has 0 aliphatic carbocycles. The Morgan fingerprint density at radius 3 is 2.87 bits per heavy atom. The average molecular weight is 197 g/mol. The molecule has 1 nitrogen and oxygen atoms in total. The van der Waals surface area contributed by atoms with Crippen molar-refractivity contribution in [1.82, 2.24) is 0 Å². The van der Waals surface area contributed by atoms with Crippen LogP contribution in [0.1, 0.15) is 30.1 Å². The molecule has 2 aromatic rings. The van der Waals surface area contributed by atoms with E-state index >= 15 is 0 Å². The molecular formula is C14H13O. The van der Waals surface area contributed by atoms with E-state index in [1.54, 1.807) is 6.07 Å². The fourth-order valence-electron chi connectivity index (χ4n) is 1.75. The summed E-state index contributed by atoms with van der Waals surface area (Å²) in [6.45, 7) is 2.02. The molecule has 75 valence electrons. The van der Waals surface area contributed by atoms with E-state index in [9.17, 15) is 4.79 Å². The van der Waals surface area contributed by atoms with Gasteiger partial charge in [-0.15, -0.1) is 0 Å². The monoisotopic (exact) mass is 197 g/mol. The SMILES string of the molecule is CCCC(=O)c1c[c]cc2ccccc12. The molecule has 0 unspecified atom stereocenters. The molecule has 0 bridgehead atoms. The minimum atomic E-state index is 0.213. The number of benzene rings is 2. The van der Waals surface area contributed by atoms with Crippen molar-refractivity contribution in [2.24, 2.45) is 0 Å². The Bertz CT molecular complexity index is 480. The Morgan fingerprint density at radius 1 is 1.27 bits per heavy atom. The van der Waals surface area contributed by atoms with Crippen LogP contribution >= 0.6 is 0 Å². The molecule has 0 saturated heterocycles.